The Morgan fingerprint density at radius 3 is 2.30 bits per heavy atom. The van der Waals surface area contributed by atoms with E-state index in [1.807, 2.05) is 18.2 Å². The topological polar surface area (TPSA) is 75.7 Å². The molecule has 8 heteroatoms. The van der Waals surface area contributed by atoms with E-state index in [0.29, 0.717) is 48.1 Å². The van der Waals surface area contributed by atoms with E-state index < -0.39 is 10.0 Å². The number of nitrogens with zero attached hydrogens (tertiary/aromatic N) is 1. The molecule has 1 N–H and O–H groups in total. The highest BCUT2D eigenvalue weighted by Gasteiger charge is 2.29. The van der Waals surface area contributed by atoms with Crippen LogP contribution in [0.2, 0.25) is 5.02 Å². The molecule has 6 nitrogen and oxygen atoms in total. The van der Waals surface area contributed by atoms with Crippen molar-refractivity contribution in [2.75, 3.05) is 24.7 Å². The Morgan fingerprint density at radius 2 is 1.67 bits per heavy atom. The van der Waals surface area contributed by atoms with Crippen molar-refractivity contribution in [3.63, 3.8) is 0 Å². The van der Waals surface area contributed by atoms with Gasteiger partial charge in [0, 0.05) is 19.0 Å². The standard InChI is InChI=1S/C19H21ClN2O4S/c1-27(24,25)22-12-10-14(11-13-22)19(23)21-16-7-3-5-9-18(16)26-17-8-4-2-6-15(17)20/h2-9,14H,10-13H2,1H3,(H,21,23). The number of piperidine rings is 1. The van der Waals surface area contributed by atoms with Crippen molar-refractivity contribution >= 4 is 33.2 Å². The lowest BCUT2D eigenvalue weighted by atomic mass is 9.97. The zero-order valence-corrected chi connectivity index (χ0v) is 16.5. The Kier molecular flexibility index (Phi) is 6.04. The fraction of sp³-hybridized carbons (Fsp3) is 0.316. The Labute approximate surface area is 164 Å². The normalized spacial score (nSPS) is 16.1. The van der Waals surface area contributed by atoms with Gasteiger partial charge in [0.1, 0.15) is 5.75 Å². The predicted molar refractivity (Wildman–Crippen MR) is 106 cm³/mol. The number of halogens is 1. The summed E-state index contributed by atoms with van der Waals surface area (Å²) in [4.78, 5) is 12.6. The van der Waals surface area contributed by atoms with E-state index in [1.165, 1.54) is 10.6 Å². The molecule has 0 radical (unpaired) electrons. The molecule has 1 saturated heterocycles. The molecular formula is C19H21ClN2O4S. The zero-order valence-electron chi connectivity index (χ0n) is 14.9. The average Bonchev–Trinajstić information content (AvgIpc) is 2.64. The second-order valence-corrected chi connectivity index (χ2v) is 8.84. The van der Waals surface area contributed by atoms with Crippen LogP contribution in [-0.4, -0.2) is 38.0 Å². The lowest BCUT2D eigenvalue weighted by Crippen LogP contribution is -2.40. The van der Waals surface area contributed by atoms with Crippen LogP contribution < -0.4 is 10.1 Å². The number of carbonyl (C=O) groups excluding carboxylic acids is 1. The number of sulfonamides is 1. The maximum absolute atomic E-state index is 12.6. The summed E-state index contributed by atoms with van der Waals surface area (Å²) >= 11 is 6.14. The third kappa shape index (κ3) is 5.00. The molecule has 0 aliphatic carbocycles. The van der Waals surface area contributed by atoms with Crippen LogP contribution in [-0.2, 0) is 14.8 Å². The molecule has 0 atom stereocenters. The minimum atomic E-state index is -3.21. The molecule has 27 heavy (non-hydrogen) atoms. The number of ether oxygens (including phenoxy) is 1. The van der Waals surface area contributed by atoms with Gasteiger partial charge in [0.25, 0.3) is 0 Å². The first kappa shape index (κ1) is 19.7. The summed E-state index contributed by atoms with van der Waals surface area (Å²) in [5.41, 5.74) is 0.549. The Morgan fingerprint density at radius 1 is 1.07 bits per heavy atom. The lowest BCUT2D eigenvalue weighted by molar-refractivity contribution is -0.120. The van der Waals surface area contributed by atoms with Gasteiger partial charge in [0.15, 0.2) is 5.75 Å². The number of hydrogen-bond acceptors (Lipinski definition) is 4. The van der Waals surface area contributed by atoms with E-state index in [9.17, 15) is 13.2 Å². The molecule has 144 valence electrons. The van der Waals surface area contributed by atoms with Gasteiger partial charge in [0.05, 0.1) is 17.0 Å². The zero-order chi connectivity index (χ0) is 19.4. The molecule has 2 aromatic rings. The summed E-state index contributed by atoms with van der Waals surface area (Å²) in [6, 6.07) is 14.2. The molecular weight excluding hydrogens is 388 g/mol. The summed E-state index contributed by atoms with van der Waals surface area (Å²) in [7, 11) is -3.21. The summed E-state index contributed by atoms with van der Waals surface area (Å²) in [6.07, 6.45) is 2.18. The molecule has 3 rings (SSSR count). The fourth-order valence-corrected chi connectivity index (χ4v) is 4.04. The van der Waals surface area contributed by atoms with E-state index in [1.54, 1.807) is 30.3 Å². The number of nitrogens with one attached hydrogen (secondary N) is 1. The monoisotopic (exact) mass is 408 g/mol. The number of rotatable bonds is 5. The van der Waals surface area contributed by atoms with Gasteiger partial charge in [0.2, 0.25) is 15.9 Å². The molecule has 1 fully saturated rings. The van der Waals surface area contributed by atoms with Crippen LogP contribution in [0.1, 0.15) is 12.8 Å². The number of amides is 1. The maximum Gasteiger partial charge on any atom is 0.227 e. The van der Waals surface area contributed by atoms with Gasteiger partial charge in [-0.1, -0.05) is 35.9 Å². The summed E-state index contributed by atoms with van der Waals surface area (Å²) in [5, 5.41) is 3.38. The van der Waals surface area contributed by atoms with Crippen molar-refractivity contribution in [1.82, 2.24) is 4.31 Å². The van der Waals surface area contributed by atoms with E-state index in [-0.39, 0.29) is 11.8 Å². The first-order valence-electron chi connectivity index (χ1n) is 8.62. The molecule has 0 spiro atoms. The molecule has 1 amide bonds. The van der Waals surface area contributed by atoms with E-state index >= 15 is 0 Å². The van der Waals surface area contributed by atoms with Crippen molar-refractivity contribution in [3.05, 3.63) is 53.6 Å². The molecule has 2 aromatic carbocycles. The van der Waals surface area contributed by atoms with Gasteiger partial charge in [-0.2, -0.15) is 0 Å². The van der Waals surface area contributed by atoms with Crippen molar-refractivity contribution in [3.8, 4) is 11.5 Å². The molecule has 0 aromatic heterocycles. The predicted octanol–water partition coefficient (Wildman–Crippen LogP) is 3.74. The van der Waals surface area contributed by atoms with Crippen molar-refractivity contribution in [1.29, 1.82) is 0 Å². The maximum atomic E-state index is 12.6. The minimum Gasteiger partial charge on any atom is -0.454 e. The van der Waals surface area contributed by atoms with Gasteiger partial charge in [-0.3, -0.25) is 4.79 Å². The van der Waals surface area contributed by atoms with Crippen LogP contribution in [0.4, 0.5) is 5.69 Å². The summed E-state index contributed by atoms with van der Waals surface area (Å²) in [6.45, 7) is 0.712. The van der Waals surface area contributed by atoms with Gasteiger partial charge >= 0.3 is 0 Å². The third-order valence-corrected chi connectivity index (χ3v) is 6.11. The van der Waals surface area contributed by atoms with E-state index in [2.05, 4.69) is 5.32 Å². The van der Waals surface area contributed by atoms with Gasteiger partial charge < -0.3 is 10.1 Å². The third-order valence-electron chi connectivity index (χ3n) is 4.50. The van der Waals surface area contributed by atoms with Crippen LogP contribution in [0.3, 0.4) is 0 Å². The number of carbonyl (C=O) groups is 1. The quantitative estimate of drug-likeness (QED) is 0.817. The summed E-state index contributed by atoms with van der Waals surface area (Å²) in [5.74, 6) is 0.615. The van der Waals surface area contributed by atoms with Crippen LogP contribution in [0.15, 0.2) is 48.5 Å². The highest BCUT2D eigenvalue weighted by molar-refractivity contribution is 7.88. The van der Waals surface area contributed by atoms with Crippen LogP contribution in [0, 0.1) is 5.92 Å². The summed E-state index contributed by atoms with van der Waals surface area (Å²) < 4.78 is 30.5. The minimum absolute atomic E-state index is 0.140. The Hall–Kier alpha value is -2.09. The first-order valence-corrected chi connectivity index (χ1v) is 10.8. The van der Waals surface area contributed by atoms with E-state index in [4.69, 9.17) is 16.3 Å². The number of anilines is 1. The second-order valence-electron chi connectivity index (χ2n) is 6.45. The molecule has 0 bridgehead atoms. The highest BCUT2D eigenvalue weighted by Crippen LogP contribution is 2.34. The molecule has 0 saturated carbocycles. The second kappa shape index (κ2) is 8.29. The van der Waals surface area contributed by atoms with Gasteiger partial charge in [-0.05, 0) is 37.1 Å². The SMILES string of the molecule is CS(=O)(=O)N1CCC(C(=O)Nc2ccccc2Oc2ccccc2Cl)CC1. The average molecular weight is 409 g/mol. The van der Waals surface area contributed by atoms with Crippen LogP contribution >= 0.6 is 11.6 Å². The fourth-order valence-electron chi connectivity index (χ4n) is 2.99. The number of para-hydroxylation sites is 3. The van der Waals surface area contributed by atoms with Crippen LogP contribution in [0.5, 0.6) is 11.5 Å². The molecule has 0 unspecified atom stereocenters. The lowest BCUT2D eigenvalue weighted by Gasteiger charge is -2.29. The van der Waals surface area contributed by atoms with Crippen molar-refractivity contribution in [2.45, 2.75) is 12.8 Å². The van der Waals surface area contributed by atoms with Gasteiger partial charge in [-0.15, -0.1) is 0 Å². The Balaban J connectivity index is 1.68. The molecule has 1 aliphatic heterocycles. The number of benzene rings is 2. The molecule has 1 heterocycles. The highest BCUT2D eigenvalue weighted by atomic mass is 35.5. The van der Waals surface area contributed by atoms with Crippen molar-refractivity contribution < 1.29 is 17.9 Å². The number of hydrogen-bond donors (Lipinski definition) is 1. The van der Waals surface area contributed by atoms with Gasteiger partial charge in [-0.25, -0.2) is 12.7 Å². The van der Waals surface area contributed by atoms with E-state index in [0.717, 1.165) is 0 Å². The first-order chi connectivity index (χ1) is 12.8. The smallest absolute Gasteiger partial charge is 0.227 e. The van der Waals surface area contributed by atoms with Crippen LogP contribution in [0.25, 0.3) is 0 Å². The molecule has 1 aliphatic rings. The largest absolute Gasteiger partial charge is 0.454 e. The Bertz CT molecular complexity index is 925. The van der Waals surface area contributed by atoms with Crippen molar-refractivity contribution in [2.24, 2.45) is 5.92 Å².